The summed E-state index contributed by atoms with van der Waals surface area (Å²) in [6.07, 6.45) is -7.59. The second kappa shape index (κ2) is 10.5. The molecule has 0 radical (unpaired) electrons. The molecule has 3 heterocycles. The number of halogens is 7. The molecule has 0 fully saturated rings. The van der Waals surface area contributed by atoms with Gasteiger partial charge < -0.3 is 10.3 Å². The van der Waals surface area contributed by atoms with E-state index in [1.165, 1.54) is 6.92 Å². The quantitative estimate of drug-likeness (QED) is 0.287. The Hall–Kier alpha value is -4.57. The van der Waals surface area contributed by atoms with Gasteiger partial charge in [-0.3, -0.25) is 14.2 Å². The minimum Gasteiger partial charge on any atom is -0.381 e. The Kier molecular flexibility index (Phi) is 7.49. The van der Waals surface area contributed by atoms with Crippen molar-refractivity contribution in [1.29, 1.82) is 0 Å². The van der Waals surface area contributed by atoms with Crippen molar-refractivity contribution in [3.05, 3.63) is 78.9 Å². The summed E-state index contributed by atoms with van der Waals surface area (Å²) in [5, 5.41) is 7.39. The van der Waals surface area contributed by atoms with Crippen LogP contribution in [0.25, 0.3) is 22.3 Å². The lowest BCUT2D eigenvalue weighted by atomic mass is 10.1. The highest BCUT2D eigenvalue weighted by Crippen LogP contribution is 2.32. The third kappa shape index (κ3) is 5.86. The Morgan fingerprint density at radius 2 is 1.68 bits per heavy atom. The molecule has 10 nitrogen and oxygen atoms in total. The fraction of sp³-hybridized carbons (Fsp3) is 0.304. The van der Waals surface area contributed by atoms with E-state index < -0.39 is 63.7 Å². The number of benzene rings is 1. The smallest absolute Gasteiger partial charge is 0.381 e. The van der Waals surface area contributed by atoms with Gasteiger partial charge >= 0.3 is 18.0 Å². The summed E-state index contributed by atoms with van der Waals surface area (Å²) in [7, 11) is 0. The molecular weight excluding hydrogens is 555 g/mol. The number of anilines is 1. The van der Waals surface area contributed by atoms with Crippen LogP contribution in [0.4, 0.5) is 36.4 Å². The minimum atomic E-state index is -4.93. The zero-order valence-electron chi connectivity index (χ0n) is 20.2. The largest absolute Gasteiger partial charge is 0.423 e. The molecule has 0 saturated carbocycles. The Morgan fingerprint density at radius 1 is 1.00 bits per heavy atom. The number of nitrogens with one attached hydrogen (secondary N) is 3. The number of aromatic nitrogens is 6. The normalized spacial score (nSPS) is 13.0. The van der Waals surface area contributed by atoms with Gasteiger partial charge in [0.25, 0.3) is 11.1 Å². The van der Waals surface area contributed by atoms with E-state index in [9.17, 15) is 45.1 Å². The Labute approximate surface area is 217 Å². The summed E-state index contributed by atoms with van der Waals surface area (Å²) in [5.74, 6) is -1.42. The molecule has 4 rings (SSSR count). The highest BCUT2D eigenvalue weighted by Gasteiger charge is 2.37. The highest BCUT2D eigenvalue weighted by molar-refractivity contribution is 5.82. The molecular formula is C23H18F7N7O3. The van der Waals surface area contributed by atoms with Crippen molar-refractivity contribution in [2.24, 2.45) is 0 Å². The third-order valence-corrected chi connectivity index (χ3v) is 5.85. The third-order valence-electron chi connectivity index (χ3n) is 5.85. The summed E-state index contributed by atoms with van der Waals surface area (Å²) >= 11 is 0. The molecule has 0 amide bonds. The second-order valence-corrected chi connectivity index (χ2v) is 8.73. The molecule has 0 bridgehead atoms. The molecule has 0 aliphatic rings. The number of H-pyrrole nitrogens is 2. The molecule has 0 unspecified atom stereocenters. The minimum absolute atomic E-state index is 0.109. The Morgan fingerprint density at radius 3 is 2.30 bits per heavy atom. The van der Waals surface area contributed by atoms with Crippen molar-refractivity contribution in [1.82, 2.24) is 29.7 Å². The molecule has 1 aromatic carbocycles. The highest BCUT2D eigenvalue weighted by atomic mass is 19.4. The number of fused-ring (bicyclic) bond motifs is 1. The van der Waals surface area contributed by atoms with Crippen LogP contribution in [0.2, 0.25) is 0 Å². The predicted octanol–water partition coefficient (Wildman–Crippen LogP) is 3.69. The zero-order chi connectivity index (χ0) is 29.4. The molecule has 1 atom stereocenters. The van der Waals surface area contributed by atoms with E-state index in [-0.39, 0.29) is 35.9 Å². The predicted molar refractivity (Wildman–Crippen MR) is 127 cm³/mol. The summed E-state index contributed by atoms with van der Waals surface area (Å²) in [6, 6.07) is 1.19. The first kappa shape index (κ1) is 28.4. The van der Waals surface area contributed by atoms with Gasteiger partial charge in [-0.25, -0.2) is 24.3 Å². The van der Waals surface area contributed by atoms with Crippen LogP contribution in [-0.4, -0.2) is 35.8 Å². The van der Waals surface area contributed by atoms with Crippen molar-refractivity contribution in [3.63, 3.8) is 0 Å². The maximum absolute atomic E-state index is 14.8. The lowest BCUT2D eigenvalue weighted by molar-refractivity contribution is -0.139. The molecule has 40 heavy (non-hydrogen) atoms. The fourth-order valence-electron chi connectivity index (χ4n) is 3.94. The van der Waals surface area contributed by atoms with Crippen molar-refractivity contribution >= 4 is 16.6 Å². The number of alkyl halides is 6. The van der Waals surface area contributed by atoms with Crippen LogP contribution in [0.5, 0.6) is 0 Å². The molecule has 17 heteroatoms. The van der Waals surface area contributed by atoms with E-state index >= 15 is 0 Å². The molecule has 0 spiro atoms. The first-order valence-electron chi connectivity index (χ1n) is 11.4. The van der Waals surface area contributed by atoms with E-state index in [2.05, 4.69) is 25.4 Å². The van der Waals surface area contributed by atoms with Crippen LogP contribution in [0.15, 0.2) is 45.1 Å². The number of hydrogen-bond acceptors (Lipinski definition) is 7. The number of aromatic amines is 2. The zero-order valence-corrected chi connectivity index (χ0v) is 20.2. The average Bonchev–Trinajstić information content (AvgIpc) is 2.85. The lowest BCUT2D eigenvalue weighted by Crippen LogP contribution is -2.35. The van der Waals surface area contributed by atoms with Gasteiger partial charge in [-0.2, -0.15) is 31.4 Å². The SMILES string of the molecule is C[C@@H](CCCn1c(=O)[nH]c2cc(-c3ncc(C(F)(F)F)cn3)c(F)cc2c1=O)Nc1cn[nH]c(=O)c1C(F)(F)F. The van der Waals surface area contributed by atoms with Crippen LogP contribution >= 0.6 is 0 Å². The maximum Gasteiger partial charge on any atom is 0.423 e. The Bertz CT molecular complexity index is 1730. The van der Waals surface area contributed by atoms with Gasteiger partial charge in [0.2, 0.25) is 0 Å². The van der Waals surface area contributed by atoms with Crippen molar-refractivity contribution < 1.29 is 30.7 Å². The lowest BCUT2D eigenvalue weighted by Gasteiger charge is -2.18. The van der Waals surface area contributed by atoms with Gasteiger partial charge in [0.15, 0.2) is 5.82 Å². The molecule has 0 aliphatic heterocycles. The van der Waals surface area contributed by atoms with Crippen LogP contribution < -0.4 is 22.1 Å². The van der Waals surface area contributed by atoms with Crippen LogP contribution in [0, 0.1) is 5.82 Å². The van der Waals surface area contributed by atoms with Crippen LogP contribution in [0.1, 0.15) is 30.9 Å². The summed E-state index contributed by atoms with van der Waals surface area (Å²) in [4.78, 5) is 46.5. The molecule has 3 aromatic heterocycles. The number of hydrogen-bond donors (Lipinski definition) is 3. The first-order valence-corrected chi connectivity index (χ1v) is 11.4. The molecule has 4 aromatic rings. The van der Waals surface area contributed by atoms with Crippen molar-refractivity contribution in [2.75, 3.05) is 5.32 Å². The van der Waals surface area contributed by atoms with Crippen molar-refractivity contribution in [3.8, 4) is 11.4 Å². The molecule has 3 N–H and O–H groups in total. The maximum atomic E-state index is 14.8. The topological polar surface area (TPSA) is 138 Å². The van der Waals surface area contributed by atoms with Gasteiger partial charge in [0.05, 0.1) is 33.9 Å². The van der Waals surface area contributed by atoms with Gasteiger partial charge in [-0.1, -0.05) is 0 Å². The average molecular weight is 573 g/mol. The molecule has 212 valence electrons. The van der Waals surface area contributed by atoms with E-state index in [1.807, 2.05) is 0 Å². The molecule has 0 saturated heterocycles. The Balaban J connectivity index is 1.52. The summed E-state index contributed by atoms with van der Waals surface area (Å²) in [6.45, 7) is 1.34. The van der Waals surface area contributed by atoms with Gasteiger partial charge in [0.1, 0.15) is 11.4 Å². The van der Waals surface area contributed by atoms with Crippen LogP contribution in [0.3, 0.4) is 0 Å². The van der Waals surface area contributed by atoms with Gasteiger partial charge in [-0.05, 0) is 31.9 Å². The van der Waals surface area contributed by atoms with E-state index in [0.717, 1.165) is 22.9 Å². The molecule has 0 aliphatic carbocycles. The number of rotatable bonds is 7. The van der Waals surface area contributed by atoms with Gasteiger partial charge in [-0.15, -0.1) is 0 Å². The van der Waals surface area contributed by atoms with Crippen molar-refractivity contribution in [2.45, 2.75) is 44.7 Å². The monoisotopic (exact) mass is 573 g/mol. The first-order chi connectivity index (χ1) is 18.7. The van der Waals surface area contributed by atoms with E-state index in [0.29, 0.717) is 12.4 Å². The summed E-state index contributed by atoms with van der Waals surface area (Å²) in [5.41, 5.74) is -6.73. The second-order valence-electron chi connectivity index (χ2n) is 8.73. The number of nitrogens with zero attached hydrogens (tertiary/aromatic N) is 4. The van der Waals surface area contributed by atoms with Gasteiger partial charge in [0, 0.05) is 25.0 Å². The summed E-state index contributed by atoms with van der Waals surface area (Å²) < 4.78 is 93.5. The van der Waals surface area contributed by atoms with E-state index in [4.69, 9.17) is 0 Å². The van der Waals surface area contributed by atoms with Crippen LogP contribution in [-0.2, 0) is 18.9 Å². The standard InChI is InChI=1S/C23H18F7N7O3/c1-10(34-16-9-33-36-19(38)17(16)23(28,29)30)3-2-4-37-20(39)13-5-14(24)12(6-15(13)35-21(37)40)18-31-7-11(8-32-18)22(25,26)27/h5-10H,2-4H2,1H3,(H,35,40)(H2,34,36,38)/t10-/m0/s1. The van der Waals surface area contributed by atoms with E-state index in [1.54, 1.807) is 5.10 Å². The fourth-order valence-corrected chi connectivity index (χ4v) is 3.94.